The highest BCUT2D eigenvalue weighted by Gasteiger charge is 2.08. The molecule has 0 heterocycles. The minimum atomic E-state index is -5.39. The molecule has 10 nitrogen and oxygen atoms in total. The molecule has 36 heavy (non-hydrogen) atoms. The van der Waals surface area contributed by atoms with Crippen molar-refractivity contribution in [2.45, 2.75) is 40.2 Å². The molecule has 0 N–H and O–H groups in total. The van der Waals surface area contributed by atoms with E-state index in [1.54, 1.807) is 0 Å². The van der Waals surface area contributed by atoms with Crippen LogP contribution in [0.5, 0.6) is 0 Å². The number of rotatable bonds is 9. The van der Waals surface area contributed by atoms with Crippen molar-refractivity contribution in [3.8, 4) is 0 Å². The Labute approximate surface area is 211 Å². The van der Waals surface area contributed by atoms with E-state index in [9.17, 15) is 4.79 Å². The van der Waals surface area contributed by atoms with Gasteiger partial charge in [0.25, 0.3) is 0 Å². The first-order chi connectivity index (χ1) is 16.6. The number of carbonyl (C=O) groups is 1. The first kappa shape index (κ1) is 33.8. The van der Waals surface area contributed by atoms with Crippen molar-refractivity contribution >= 4 is 21.4 Å². The van der Waals surface area contributed by atoms with Crippen LogP contribution < -0.4 is 29.4 Å². The number of allylic oxidation sites excluding steroid dienone is 3. The molecule has 0 bridgehead atoms. The highest BCUT2D eigenvalue weighted by molar-refractivity contribution is 7.40. The van der Waals surface area contributed by atoms with Gasteiger partial charge in [0.05, 0.1) is 13.2 Å². The predicted molar refractivity (Wildman–Crippen MR) is 124 cm³/mol. The van der Waals surface area contributed by atoms with E-state index < -0.39 is 15.6 Å². The lowest BCUT2D eigenvalue weighted by molar-refractivity contribution is -0.434. The number of carbonyl (C=O) groups excluding carboxylic acids is 1. The second-order valence-corrected chi connectivity index (χ2v) is 9.30. The normalized spacial score (nSPS) is 12.1. The van der Waals surface area contributed by atoms with Crippen molar-refractivity contribution in [2.24, 2.45) is 0 Å². The van der Waals surface area contributed by atoms with Crippen molar-refractivity contribution < 1.29 is 48.0 Å². The fraction of sp³-hybridized carbons (Fsp3) is 0.292. The maximum Gasteiger partial charge on any atom is 0.193 e. The van der Waals surface area contributed by atoms with Crippen LogP contribution in [0, 0.1) is 0 Å². The number of hydrogen-bond donors (Lipinski definition) is 0. The minimum absolute atomic E-state index is 0.0443. The third-order valence-electron chi connectivity index (χ3n) is 4.35. The Hall–Kier alpha value is -2.23. The lowest BCUT2D eigenvalue weighted by atomic mass is 10.0. The van der Waals surface area contributed by atoms with Crippen molar-refractivity contribution in [1.82, 2.24) is 0 Å². The summed E-state index contributed by atoms with van der Waals surface area (Å²) in [5.74, 6) is 0.0443. The van der Waals surface area contributed by atoms with E-state index in [0.29, 0.717) is 24.3 Å². The third kappa shape index (κ3) is 21.1. The van der Waals surface area contributed by atoms with Crippen LogP contribution in [0.2, 0.25) is 0 Å². The van der Waals surface area contributed by atoms with Crippen LogP contribution in [0.25, 0.3) is 0 Å². The van der Waals surface area contributed by atoms with Gasteiger partial charge in [-0.3, -0.25) is 4.79 Å². The molecule has 0 fully saturated rings. The van der Waals surface area contributed by atoms with Gasteiger partial charge in [-0.1, -0.05) is 71.8 Å². The molecule has 2 aromatic carbocycles. The summed E-state index contributed by atoms with van der Waals surface area (Å²) in [4.78, 5) is 63.8. The van der Waals surface area contributed by atoms with E-state index in [4.69, 9.17) is 43.2 Å². The second kappa shape index (κ2) is 17.3. The zero-order valence-corrected chi connectivity index (χ0v) is 21.9. The monoisotopic (exact) mass is 538 g/mol. The molecule has 12 heteroatoms. The van der Waals surface area contributed by atoms with E-state index in [2.05, 4.69) is 32.9 Å². The molecule has 2 rings (SSSR count). The van der Waals surface area contributed by atoms with Crippen molar-refractivity contribution in [2.75, 3.05) is 6.61 Å². The van der Waals surface area contributed by atoms with Gasteiger partial charge in [-0.25, -0.2) is 0 Å². The molecule has 2 aromatic rings. The lowest BCUT2D eigenvalue weighted by Gasteiger charge is -2.36. The maximum absolute atomic E-state index is 12.5. The van der Waals surface area contributed by atoms with Crippen LogP contribution in [-0.2, 0) is 20.5 Å². The SMILES string of the molecule is CC=C(C)CCC=C(C)COCc1cccc(C(=O)c2ccccc2)c1.O=P([O-])([O-])[O-].O=P([O-])([O-])[O-]. The first-order valence-corrected chi connectivity index (χ1v) is 13.5. The third-order valence-corrected chi connectivity index (χ3v) is 4.35. The van der Waals surface area contributed by atoms with E-state index in [1.807, 2.05) is 54.6 Å². The molecule has 0 saturated heterocycles. The quantitative estimate of drug-likeness (QED) is 0.246. The summed E-state index contributed by atoms with van der Waals surface area (Å²) in [7, 11) is -10.8. The van der Waals surface area contributed by atoms with Crippen molar-refractivity contribution in [3.63, 3.8) is 0 Å². The highest BCUT2D eigenvalue weighted by Crippen LogP contribution is 2.13. The molecule has 0 aromatic heterocycles. The van der Waals surface area contributed by atoms with Gasteiger partial charge in [-0.15, -0.1) is 0 Å². The summed E-state index contributed by atoms with van der Waals surface area (Å²) in [5.41, 5.74) is 5.08. The van der Waals surface area contributed by atoms with Crippen LogP contribution in [0.3, 0.4) is 0 Å². The summed E-state index contributed by atoms with van der Waals surface area (Å²) < 4.78 is 22.9. The Kier molecular flexibility index (Phi) is 16.2. The van der Waals surface area contributed by atoms with Crippen LogP contribution in [-0.4, -0.2) is 12.4 Å². The molecule has 0 aliphatic carbocycles. The average Bonchev–Trinajstić information content (AvgIpc) is 2.77. The van der Waals surface area contributed by atoms with E-state index in [0.717, 1.165) is 18.4 Å². The van der Waals surface area contributed by atoms with Crippen LogP contribution >= 0.6 is 15.6 Å². The minimum Gasteiger partial charge on any atom is -0.822 e. The fourth-order valence-corrected chi connectivity index (χ4v) is 2.64. The Morgan fingerprint density at radius 2 is 1.36 bits per heavy atom. The second-order valence-electron chi connectivity index (χ2n) is 7.51. The summed E-state index contributed by atoms with van der Waals surface area (Å²) in [6.45, 7) is 7.45. The van der Waals surface area contributed by atoms with Crippen LogP contribution in [0.1, 0.15) is 55.1 Å². The van der Waals surface area contributed by atoms with Gasteiger partial charge in [-0.05, 0) is 45.2 Å². The molecule has 200 valence electrons. The standard InChI is InChI=1S/C24H28O2.2H3O4P/c1-4-19(2)10-8-11-20(3)17-26-18-21-12-9-15-23(16-21)24(25)22-13-6-5-7-14-22;2*1-5(2,3)4/h4-7,9,11-16H,8,10,17-18H2,1-3H3;2*(H3,1,2,3,4)/p-6. The molecule has 0 radical (unpaired) electrons. The molecule has 0 aliphatic heterocycles. The largest absolute Gasteiger partial charge is 0.822 e. The number of hydrogen-bond acceptors (Lipinski definition) is 10. The number of ketones is 1. The zero-order valence-electron chi connectivity index (χ0n) is 20.2. The fourth-order valence-electron chi connectivity index (χ4n) is 2.64. The Morgan fingerprint density at radius 3 is 1.89 bits per heavy atom. The number of ether oxygens (including phenoxy) is 1. The topological polar surface area (TPSA) is 199 Å². The van der Waals surface area contributed by atoms with E-state index >= 15 is 0 Å². The van der Waals surface area contributed by atoms with Gasteiger partial charge in [0.15, 0.2) is 5.78 Å². The van der Waals surface area contributed by atoms with Gasteiger partial charge in [-0.2, -0.15) is 15.6 Å². The van der Waals surface area contributed by atoms with Gasteiger partial charge in [0, 0.05) is 11.1 Å². The summed E-state index contributed by atoms with van der Waals surface area (Å²) >= 11 is 0. The smallest absolute Gasteiger partial charge is 0.193 e. The van der Waals surface area contributed by atoms with Gasteiger partial charge in [0.1, 0.15) is 0 Å². The van der Waals surface area contributed by atoms with Crippen molar-refractivity contribution in [1.29, 1.82) is 0 Å². The molecular weight excluding hydrogens is 510 g/mol. The Bertz CT molecular complexity index is 1050. The Balaban J connectivity index is 0.00000104. The lowest BCUT2D eigenvalue weighted by Crippen LogP contribution is -2.24. The summed E-state index contributed by atoms with van der Waals surface area (Å²) in [5, 5.41) is 0. The first-order valence-electron chi connectivity index (χ1n) is 10.6. The number of phosphoric acid groups is 2. The molecule has 0 amide bonds. The predicted octanol–water partition coefficient (Wildman–Crippen LogP) is 0.478. The Morgan fingerprint density at radius 1 is 0.833 bits per heavy atom. The molecule has 0 saturated carbocycles. The van der Waals surface area contributed by atoms with Gasteiger partial charge < -0.3 is 43.2 Å². The van der Waals surface area contributed by atoms with Gasteiger partial charge in [0.2, 0.25) is 0 Å². The maximum atomic E-state index is 12.5. The van der Waals surface area contributed by atoms with E-state index in [-0.39, 0.29) is 5.78 Å². The molecule has 0 atom stereocenters. The number of benzene rings is 2. The zero-order chi connectivity index (χ0) is 27.8. The highest BCUT2D eigenvalue weighted by atomic mass is 31.2. The molecule has 0 spiro atoms. The molecule has 0 aliphatic rings. The molecule has 0 unspecified atom stereocenters. The summed E-state index contributed by atoms with van der Waals surface area (Å²) in [6.07, 6.45) is 6.54. The van der Waals surface area contributed by atoms with Crippen molar-refractivity contribution in [3.05, 3.63) is 94.6 Å². The summed E-state index contributed by atoms with van der Waals surface area (Å²) in [6, 6.07) is 17.0. The van der Waals surface area contributed by atoms with E-state index in [1.165, 1.54) is 11.1 Å². The average molecular weight is 538 g/mol. The molecular formula is C24H28O10P2-6. The van der Waals surface area contributed by atoms with Crippen LogP contribution in [0.4, 0.5) is 0 Å². The van der Waals surface area contributed by atoms with Crippen LogP contribution in [0.15, 0.2) is 77.9 Å². The van der Waals surface area contributed by atoms with Gasteiger partial charge >= 0.3 is 0 Å².